The van der Waals surface area contributed by atoms with Crippen molar-refractivity contribution in [1.29, 1.82) is 0 Å². The van der Waals surface area contributed by atoms with Gasteiger partial charge >= 0.3 is 10.3 Å². The third kappa shape index (κ3) is 11.9. The van der Waals surface area contributed by atoms with Crippen molar-refractivity contribution in [2.24, 2.45) is 5.92 Å². The maximum atomic E-state index is 10.2. The second-order valence-electron chi connectivity index (χ2n) is 3.61. The lowest BCUT2D eigenvalue weighted by Gasteiger charge is -2.03. The SMILES string of the molecule is CC(C)CCCCCNS(=O)(=O)O. The van der Waals surface area contributed by atoms with Gasteiger partial charge in [-0.1, -0.05) is 33.1 Å². The molecule has 0 aromatic heterocycles. The first-order chi connectivity index (χ1) is 5.92. The van der Waals surface area contributed by atoms with Gasteiger partial charge < -0.3 is 0 Å². The molecule has 0 bridgehead atoms. The normalized spacial score (nSPS) is 12.3. The van der Waals surface area contributed by atoms with Crippen LogP contribution in [-0.4, -0.2) is 19.5 Å². The molecule has 0 aromatic rings. The molecule has 0 aliphatic heterocycles. The molecule has 0 saturated carbocycles. The van der Waals surface area contributed by atoms with Gasteiger partial charge in [0.15, 0.2) is 0 Å². The summed E-state index contributed by atoms with van der Waals surface area (Å²) in [5.41, 5.74) is 0. The van der Waals surface area contributed by atoms with Crippen molar-refractivity contribution in [3.05, 3.63) is 0 Å². The van der Waals surface area contributed by atoms with E-state index in [2.05, 4.69) is 13.8 Å². The van der Waals surface area contributed by atoms with Crippen molar-refractivity contribution in [1.82, 2.24) is 4.72 Å². The molecule has 0 amide bonds. The van der Waals surface area contributed by atoms with Crippen LogP contribution in [0.1, 0.15) is 39.5 Å². The van der Waals surface area contributed by atoms with E-state index >= 15 is 0 Å². The fraction of sp³-hybridized carbons (Fsp3) is 1.00. The van der Waals surface area contributed by atoms with Crippen LogP contribution in [-0.2, 0) is 10.3 Å². The Kier molecular flexibility index (Phi) is 6.28. The summed E-state index contributed by atoms with van der Waals surface area (Å²) in [6, 6.07) is 0. The van der Waals surface area contributed by atoms with Gasteiger partial charge in [-0.05, 0) is 12.3 Å². The fourth-order valence-electron chi connectivity index (χ4n) is 1.06. The summed E-state index contributed by atoms with van der Waals surface area (Å²) in [7, 11) is -3.98. The molecule has 0 rings (SSSR count). The molecule has 0 saturated heterocycles. The van der Waals surface area contributed by atoms with Crippen molar-refractivity contribution in [2.45, 2.75) is 39.5 Å². The monoisotopic (exact) mass is 209 g/mol. The second-order valence-corrected chi connectivity index (χ2v) is 4.85. The first-order valence-corrected chi connectivity index (χ1v) is 6.08. The van der Waals surface area contributed by atoms with Crippen molar-refractivity contribution < 1.29 is 13.0 Å². The standard InChI is InChI=1S/C8H19NO3S/c1-8(2)6-4-3-5-7-9-13(10,11)12/h8-9H,3-7H2,1-2H3,(H,10,11,12). The average molecular weight is 209 g/mol. The molecule has 0 spiro atoms. The molecule has 0 radical (unpaired) electrons. The summed E-state index contributed by atoms with van der Waals surface area (Å²) in [5.74, 6) is 0.703. The van der Waals surface area contributed by atoms with Gasteiger partial charge in [-0.15, -0.1) is 0 Å². The van der Waals surface area contributed by atoms with Crippen LogP contribution in [0.15, 0.2) is 0 Å². The highest BCUT2D eigenvalue weighted by molar-refractivity contribution is 7.83. The molecule has 4 nitrogen and oxygen atoms in total. The average Bonchev–Trinajstić information content (AvgIpc) is 1.93. The number of nitrogens with one attached hydrogen (secondary N) is 1. The van der Waals surface area contributed by atoms with Crippen molar-refractivity contribution >= 4 is 10.3 Å². The van der Waals surface area contributed by atoms with Crippen LogP contribution in [0.25, 0.3) is 0 Å². The third-order valence-corrected chi connectivity index (χ3v) is 2.31. The summed E-state index contributed by atoms with van der Waals surface area (Å²) in [5, 5.41) is 0. The molecule has 80 valence electrons. The molecular formula is C8H19NO3S. The third-order valence-electron chi connectivity index (χ3n) is 1.74. The molecule has 0 heterocycles. The predicted octanol–water partition coefficient (Wildman–Crippen LogP) is 1.60. The Bertz CT molecular complexity index is 211. The summed E-state index contributed by atoms with van der Waals surface area (Å²) >= 11 is 0. The lowest BCUT2D eigenvalue weighted by molar-refractivity contribution is 0.463. The minimum absolute atomic E-state index is 0.330. The molecule has 0 aromatic carbocycles. The molecule has 0 fully saturated rings. The minimum atomic E-state index is -3.98. The summed E-state index contributed by atoms with van der Waals surface area (Å²) in [6.45, 7) is 4.66. The smallest absolute Gasteiger partial charge is 0.273 e. The van der Waals surface area contributed by atoms with Crippen LogP contribution in [0.5, 0.6) is 0 Å². The molecule has 0 unspecified atom stereocenters. The molecule has 13 heavy (non-hydrogen) atoms. The Labute approximate surface area is 80.6 Å². The van der Waals surface area contributed by atoms with E-state index in [4.69, 9.17) is 4.55 Å². The molecular weight excluding hydrogens is 190 g/mol. The maximum absolute atomic E-state index is 10.2. The highest BCUT2D eigenvalue weighted by Gasteiger charge is 2.00. The van der Waals surface area contributed by atoms with Gasteiger partial charge in [0, 0.05) is 6.54 Å². The highest BCUT2D eigenvalue weighted by atomic mass is 32.2. The number of rotatable bonds is 7. The van der Waals surface area contributed by atoms with E-state index in [1.54, 1.807) is 0 Å². The van der Waals surface area contributed by atoms with E-state index < -0.39 is 10.3 Å². The van der Waals surface area contributed by atoms with Gasteiger partial charge in [0.05, 0.1) is 0 Å². The zero-order chi connectivity index (χ0) is 10.3. The van der Waals surface area contributed by atoms with Crippen LogP contribution < -0.4 is 4.72 Å². The van der Waals surface area contributed by atoms with E-state index in [-0.39, 0.29) is 0 Å². The summed E-state index contributed by atoms with van der Waals surface area (Å²) in [4.78, 5) is 0. The molecule has 0 aliphatic rings. The van der Waals surface area contributed by atoms with Gasteiger partial charge in [0.1, 0.15) is 0 Å². The van der Waals surface area contributed by atoms with E-state index in [1.165, 1.54) is 6.42 Å². The first-order valence-electron chi connectivity index (χ1n) is 4.64. The maximum Gasteiger partial charge on any atom is 0.333 e. The van der Waals surface area contributed by atoms with Crippen molar-refractivity contribution in [2.75, 3.05) is 6.54 Å². The Morgan fingerprint density at radius 3 is 2.31 bits per heavy atom. The minimum Gasteiger partial charge on any atom is -0.273 e. The molecule has 0 atom stereocenters. The Morgan fingerprint density at radius 1 is 1.23 bits per heavy atom. The van der Waals surface area contributed by atoms with Gasteiger partial charge in [-0.25, -0.2) is 0 Å². The van der Waals surface area contributed by atoms with E-state index in [9.17, 15) is 8.42 Å². The van der Waals surface area contributed by atoms with Gasteiger partial charge in [0.2, 0.25) is 0 Å². The highest BCUT2D eigenvalue weighted by Crippen LogP contribution is 2.07. The number of hydrogen-bond acceptors (Lipinski definition) is 2. The van der Waals surface area contributed by atoms with Crippen LogP contribution in [0.4, 0.5) is 0 Å². The van der Waals surface area contributed by atoms with Gasteiger partial charge in [-0.3, -0.25) is 4.55 Å². The van der Waals surface area contributed by atoms with Crippen LogP contribution >= 0.6 is 0 Å². The molecule has 5 heteroatoms. The van der Waals surface area contributed by atoms with E-state index in [1.807, 2.05) is 4.72 Å². The van der Waals surface area contributed by atoms with Crippen molar-refractivity contribution in [3.63, 3.8) is 0 Å². The summed E-state index contributed by atoms with van der Waals surface area (Å²) in [6.07, 6.45) is 4.07. The van der Waals surface area contributed by atoms with Crippen LogP contribution in [0, 0.1) is 5.92 Å². The zero-order valence-corrected chi connectivity index (χ0v) is 9.10. The second kappa shape index (κ2) is 6.34. The quantitative estimate of drug-likeness (QED) is 0.494. The van der Waals surface area contributed by atoms with Crippen LogP contribution in [0.3, 0.4) is 0 Å². The Hall–Kier alpha value is -0.130. The van der Waals surface area contributed by atoms with Crippen LogP contribution in [0.2, 0.25) is 0 Å². The zero-order valence-electron chi connectivity index (χ0n) is 8.28. The Morgan fingerprint density at radius 2 is 1.85 bits per heavy atom. The van der Waals surface area contributed by atoms with Crippen molar-refractivity contribution in [3.8, 4) is 0 Å². The lowest BCUT2D eigenvalue weighted by Crippen LogP contribution is -2.23. The summed E-state index contributed by atoms with van der Waals surface area (Å²) < 4.78 is 30.8. The number of hydrogen-bond donors (Lipinski definition) is 2. The van der Waals surface area contributed by atoms with E-state index in [0.717, 1.165) is 19.3 Å². The van der Waals surface area contributed by atoms with Gasteiger partial charge in [-0.2, -0.15) is 13.1 Å². The topological polar surface area (TPSA) is 66.4 Å². The first kappa shape index (κ1) is 12.9. The molecule has 0 aliphatic carbocycles. The number of unbranched alkanes of at least 4 members (excludes halogenated alkanes) is 2. The molecule has 2 N–H and O–H groups in total. The fourth-order valence-corrected chi connectivity index (χ4v) is 1.46. The predicted molar refractivity (Wildman–Crippen MR) is 52.9 cm³/mol. The largest absolute Gasteiger partial charge is 0.333 e. The van der Waals surface area contributed by atoms with E-state index in [0.29, 0.717) is 12.5 Å². The lowest BCUT2D eigenvalue weighted by atomic mass is 10.1. The van der Waals surface area contributed by atoms with Gasteiger partial charge in [0.25, 0.3) is 0 Å². The Balaban J connectivity index is 3.18.